The van der Waals surface area contributed by atoms with E-state index in [-0.39, 0.29) is 6.61 Å². The maximum atomic E-state index is 9.10. The Labute approximate surface area is 76.4 Å². The molecule has 0 spiro atoms. The molecule has 1 aromatic carbocycles. The van der Waals surface area contributed by atoms with Crippen LogP contribution >= 0.6 is 11.6 Å². The van der Waals surface area contributed by atoms with Crippen molar-refractivity contribution in [3.05, 3.63) is 34.9 Å². The lowest BCUT2D eigenvalue weighted by atomic mass is 10.1. The zero-order chi connectivity index (χ0) is 8.97. The molecule has 0 saturated carbocycles. The first-order valence-electron chi connectivity index (χ1n) is 3.75. The standard InChI is InChI=1S/C9H11ClO2/c10-8-3-1-7(2-4-8)5-9(12)6-11/h1-4,9,11-12H,5-6H2/t9-/m1/s1. The second-order valence-electron chi connectivity index (χ2n) is 2.67. The molecule has 0 bridgehead atoms. The van der Waals surface area contributed by atoms with Gasteiger partial charge in [-0.25, -0.2) is 0 Å². The zero-order valence-electron chi connectivity index (χ0n) is 6.57. The van der Waals surface area contributed by atoms with Crippen molar-refractivity contribution >= 4 is 11.6 Å². The minimum Gasteiger partial charge on any atom is -0.394 e. The number of hydrogen-bond acceptors (Lipinski definition) is 2. The van der Waals surface area contributed by atoms with Crippen molar-refractivity contribution in [2.45, 2.75) is 12.5 Å². The molecule has 0 radical (unpaired) electrons. The lowest BCUT2D eigenvalue weighted by molar-refractivity contribution is 0.0955. The average Bonchev–Trinajstić information content (AvgIpc) is 2.09. The third-order valence-electron chi connectivity index (χ3n) is 1.60. The molecule has 2 nitrogen and oxygen atoms in total. The molecule has 0 aromatic heterocycles. The van der Waals surface area contributed by atoms with Gasteiger partial charge in [-0.2, -0.15) is 0 Å². The van der Waals surface area contributed by atoms with E-state index in [1.54, 1.807) is 12.1 Å². The van der Waals surface area contributed by atoms with Crippen molar-refractivity contribution < 1.29 is 10.2 Å². The van der Waals surface area contributed by atoms with Crippen molar-refractivity contribution in [2.24, 2.45) is 0 Å². The van der Waals surface area contributed by atoms with Gasteiger partial charge in [-0.3, -0.25) is 0 Å². The summed E-state index contributed by atoms with van der Waals surface area (Å²) in [5, 5.41) is 18.4. The Morgan fingerprint density at radius 3 is 2.33 bits per heavy atom. The Morgan fingerprint density at radius 2 is 1.83 bits per heavy atom. The minimum atomic E-state index is -0.675. The number of aliphatic hydroxyl groups is 2. The van der Waals surface area contributed by atoms with E-state index in [0.717, 1.165) is 5.56 Å². The molecule has 3 heteroatoms. The Balaban J connectivity index is 2.58. The molecule has 0 fully saturated rings. The number of aliphatic hydroxyl groups excluding tert-OH is 2. The van der Waals surface area contributed by atoms with E-state index in [4.69, 9.17) is 21.8 Å². The molecule has 0 aliphatic carbocycles. The molecule has 1 rings (SSSR count). The van der Waals surface area contributed by atoms with Gasteiger partial charge in [0, 0.05) is 11.4 Å². The van der Waals surface area contributed by atoms with Crippen molar-refractivity contribution in [1.82, 2.24) is 0 Å². The first-order valence-corrected chi connectivity index (χ1v) is 4.13. The Bertz CT molecular complexity index is 233. The van der Waals surface area contributed by atoms with Gasteiger partial charge in [0.15, 0.2) is 0 Å². The largest absolute Gasteiger partial charge is 0.394 e. The average molecular weight is 187 g/mol. The molecule has 1 atom stereocenters. The number of rotatable bonds is 3. The topological polar surface area (TPSA) is 40.5 Å². The van der Waals surface area contributed by atoms with Crippen LogP contribution in [-0.4, -0.2) is 22.9 Å². The predicted molar refractivity (Wildman–Crippen MR) is 48.2 cm³/mol. The van der Waals surface area contributed by atoms with Crippen LogP contribution in [0.25, 0.3) is 0 Å². The minimum absolute atomic E-state index is 0.206. The highest BCUT2D eigenvalue weighted by atomic mass is 35.5. The highest BCUT2D eigenvalue weighted by Crippen LogP contribution is 2.10. The second kappa shape index (κ2) is 4.45. The van der Waals surface area contributed by atoms with Gasteiger partial charge in [-0.15, -0.1) is 0 Å². The summed E-state index contributed by atoms with van der Waals surface area (Å²) in [5.41, 5.74) is 0.973. The Kier molecular flexibility index (Phi) is 3.53. The third-order valence-corrected chi connectivity index (χ3v) is 1.85. The van der Waals surface area contributed by atoms with Gasteiger partial charge in [-0.1, -0.05) is 23.7 Å². The molecule has 66 valence electrons. The van der Waals surface area contributed by atoms with Crippen LogP contribution in [-0.2, 0) is 6.42 Å². The van der Waals surface area contributed by atoms with Crippen molar-refractivity contribution in [3.8, 4) is 0 Å². The van der Waals surface area contributed by atoms with Gasteiger partial charge < -0.3 is 10.2 Å². The quantitative estimate of drug-likeness (QED) is 0.746. The fourth-order valence-corrected chi connectivity index (χ4v) is 1.08. The van der Waals surface area contributed by atoms with Gasteiger partial charge in [0.05, 0.1) is 12.7 Å². The number of benzene rings is 1. The highest BCUT2D eigenvalue weighted by molar-refractivity contribution is 6.30. The van der Waals surface area contributed by atoms with Gasteiger partial charge in [-0.05, 0) is 17.7 Å². The number of hydrogen-bond donors (Lipinski definition) is 2. The number of halogens is 1. The molecule has 0 aliphatic heterocycles. The summed E-state index contributed by atoms with van der Waals surface area (Å²) in [6, 6.07) is 7.20. The SMILES string of the molecule is OC[C@H](O)Cc1ccc(Cl)cc1. The molecule has 0 amide bonds. The van der Waals surface area contributed by atoms with E-state index in [0.29, 0.717) is 11.4 Å². The van der Waals surface area contributed by atoms with Crippen LogP contribution in [0.2, 0.25) is 5.02 Å². The smallest absolute Gasteiger partial charge is 0.0811 e. The summed E-state index contributed by atoms with van der Waals surface area (Å²) in [4.78, 5) is 0. The van der Waals surface area contributed by atoms with Crippen LogP contribution in [0.1, 0.15) is 5.56 Å². The molecule has 2 N–H and O–H groups in total. The molecule has 12 heavy (non-hydrogen) atoms. The summed E-state index contributed by atoms with van der Waals surface area (Å²) in [7, 11) is 0. The van der Waals surface area contributed by atoms with Gasteiger partial charge in [0.25, 0.3) is 0 Å². The maximum Gasteiger partial charge on any atom is 0.0811 e. The molecule has 0 unspecified atom stereocenters. The maximum absolute atomic E-state index is 9.10. The summed E-state index contributed by atoms with van der Waals surface area (Å²) in [6.07, 6.45) is -0.209. The first kappa shape index (κ1) is 9.52. The normalized spacial score (nSPS) is 12.9. The Morgan fingerprint density at radius 1 is 1.25 bits per heavy atom. The van der Waals surface area contributed by atoms with E-state index in [9.17, 15) is 0 Å². The van der Waals surface area contributed by atoms with Crippen LogP contribution < -0.4 is 0 Å². The van der Waals surface area contributed by atoms with E-state index in [1.165, 1.54) is 0 Å². The third kappa shape index (κ3) is 2.81. The molecule has 1 aromatic rings. The molecule has 0 saturated heterocycles. The molecular weight excluding hydrogens is 176 g/mol. The lowest BCUT2D eigenvalue weighted by Crippen LogP contribution is -2.14. The predicted octanol–water partition coefficient (Wildman–Crippen LogP) is 1.24. The molecule has 0 aliphatic rings. The first-order chi connectivity index (χ1) is 5.72. The second-order valence-corrected chi connectivity index (χ2v) is 3.10. The van der Waals surface area contributed by atoms with Crippen molar-refractivity contribution in [3.63, 3.8) is 0 Å². The highest BCUT2D eigenvalue weighted by Gasteiger charge is 2.02. The Hall–Kier alpha value is -0.570. The van der Waals surface area contributed by atoms with E-state index >= 15 is 0 Å². The zero-order valence-corrected chi connectivity index (χ0v) is 7.33. The van der Waals surface area contributed by atoms with Crippen LogP contribution in [0.15, 0.2) is 24.3 Å². The summed E-state index contributed by atoms with van der Waals surface area (Å²) in [5.74, 6) is 0. The van der Waals surface area contributed by atoms with Crippen LogP contribution in [0.5, 0.6) is 0 Å². The molecule has 0 heterocycles. The van der Waals surface area contributed by atoms with Crippen LogP contribution in [0, 0.1) is 0 Å². The van der Waals surface area contributed by atoms with Crippen molar-refractivity contribution in [2.75, 3.05) is 6.61 Å². The van der Waals surface area contributed by atoms with Gasteiger partial charge in [0.1, 0.15) is 0 Å². The van der Waals surface area contributed by atoms with Crippen molar-refractivity contribution in [1.29, 1.82) is 0 Å². The van der Waals surface area contributed by atoms with E-state index in [2.05, 4.69) is 0 Å². The van der Waals surface area contributed by atoms with E-state index in [1.807, 2.05) is 12.1 Å². The van der Waals surface area contributed by atoms with Gasteiger partial charge in [0.2, 0.25) is 0 Å². The van der Waals surface area contributed by atoms with Gasteiger partial charge >= 0.3 is 0 Å². The summed E-state index contributed by atoms with van der Waals surface area (Å²) >= 11 is 5.67. The van der Waals surface area contributed by atoms with Crippen LogP contribution in [0.4, 0.5) is 0 Å². The lowest BCUT2D eigenvalue weighted by Gasteiger charge is -2.06. The monoisotopic (exact) mass is 186 g/mol. The summed E-state index contributed by atoms with van der Waals surface area (Å²) in [6.45, 7) is -0.206. The fraction of sp³-hybridized carbons (Fsp3) is 0.333. The molecular formula is C9H11ClO2. The summed E-state index contributed by atoms with van der Waals surface area (Å²) < 4.78 is 0. The fourth-order valence-electron chi connectivity index (χ4n) is 0.957. The van der Waals surface area contributed by atoms with E-state index < -0.39 is 6.10 Å². The van der Waals surface area contributed by atoms with Crippen LogP contribution in [0.3, 0.4) is 0 Å².